The maximum Gasteiger partial charge on any atom is 0.416 e. The second-order valence-electron chi connectivity index (χ2n) is 5.84. The van der Waals surface area contributed by atoms with Gasteiger partial charge in [-0.1, -0.05) is 6.07 Å². The third-order valence-corrected chi connectivity index (χ3v) is 4.06. The summed E-state index contributed by atoms with van der Waals surface area (Å²) in [6, 6.07) is 3.88. The molecule has 5 heteroatoms. The Morgan fingerprint density at radius 1 is 1.15 bits per heavy atom. The number of nitrogens with one attached hydrogen (secondary N) is 1. The molecule has 0 bridgehead atoms. The molecule has 2 nitrogen and oxygen atoms in total. The molecule has 0 amide bonds. The van der Waals surface area contributed by atoms with Crippen LogP contribution in [0.1, 0.15) is 36.6 Å². The van der Waals surface area contributed by atoms with E-state index in [9.17, 15) is 13.2 Å². The standard InChI is InChI=1S/C15H23F3N2/c1-10-9-11(15(16,17)18)7-8-12(10)13(19-4)14(2,3)20(5)6/h7-9,13,19H,1-6H3. The van der Waals surface area contributed by atoms with Crippen LogP contribution < -0.4 is 5.32 Å². The van der Waals surface area contributed by atoms with Crippen LogP contribution in [0.3, 0.4) is 0 Å². The Kier molecular flexibility index (Phi) is 4.87. The number of nitrogens with zero attached hydrogens (tertiary/aromatic N) is 1. The highest BCUT2D eigenvalue weighted by Crippen LogP contribution is 2.35. The minimum Gasteiger partial charge on any atom is -0.311 e. The zero-order valence-corrected chi connectivity index (χ0v) is 12.9. The highest BCUT2D eigenvalue weighted by molar-refractivity contribution is 5.36. The molecule has 0 saturated heterocycles. The molecule has 0 aliphatic carbocycles. The average Bonchev–Trinajstić information content (AvgIpc) is 2.30. The SMILES string of the molecule is CNC(c1ccc(C(F)(F)F)cc1C)C(C)(C)N(C)C. The number of aryl methyl sites for hydroxylation is 1. The lowest BCUT2D eigenvalue weighted by molar-refractivity contribution is -0.137. The van der Waals surface area contributed by atoms with Gasteiger partial charge in [-0.25, -0.2) is 0 Å². The Labute approximate surface area is 119 Å². The van der Waals surface area contributed by atoms with Crippen molar-refractivity contribution in [2.45, 2.75) is 38.5 Å². The smallest absolute Gasteiger partial charge is 0.311 e. The lowest BCUT2D eigenvalue weighted by Gasteiger charge is -2.41. The van der Waals surface area contributed by atoms with E-state index in [1.807, 2.05) is 21.1 Å². The quantitative estimate of drug-likeness (QED) is 0.910. The second-order valence-corrected chi connectivity index (χ2v) is 5.84. The van der Waals surface area contributed by atoms with E-state index >= 15 is 0 Å². The number of hydrogen-bond donors (Lipinski definition) is 1. The number of halogens is 3. The fourth-order valence-corrected chi connectivity index (χ4v) is 2.32. The molecule has 1 atom stereocenters. The first kappa shape index (κ1) is 17.0. The van der Waals surface area contributed by atoms with Gasteiger partial charge < -0.3 is 10.2 Å². The molecule has 0 aliphatic rings. The molecule has 0 aromatic heterocycles. The molecule has 114 valence electrons. The fraction of sp³-hybridized carbons (Fsp3) is 0.600. The molecule has 0 fully saturated rings. The molecular weight excluding hydrogens is 265 g/mol. The van der Waals surface area contributed by atoms with Crippen LogP contribution in [0.4, 0.5) is 13.2 Å². The van der Waals surface area contributed by atoms with E-state index in [4.69, 9.17) is 0 Å². The molecule has 1 rings (SSSR count). The third kappa shape index (κ3) is 3.33. The maximum atomic E-state index is 12.7. The van der Waals surface area contributed by atoms with E-state index in [2.05, 4.69) is 24.1 Å². The van der Waals surface area contributed by atoms with Crippen LogP contribution in [0.2, 0.25) is 0 Å². The first-order chi connectivity index (χ1) is 9.01. The molecule has 1 aromatic rings. The third-order valence-electron chi connectivity index (χ3n) is 4.06. The van der Waals surface area contributed by atoms with E-state index in [1.165, 1.54) is 6.07 Å². The Bertz CT molecular complexity index is 465. The van der Waals surface area contributed by atoms with Gasteiger partial charge in [0.15, 0.2) is 0 Å². The number of hydrogen-bond acceptors (Lipinski definition) is 2. The Morgan fingerprint density at radius 3 is 2.05 bits per heavy atom. The monoisotopic (exact) mass is 288 g/mol. The van der Waals surface area contributed by atoms with Crippen molar-refractivity contribution >= 4 is 0 Å². The summed E-state index contributed by atoms with van der Waals surface area (Å²) in [4.78, 5) is 2.06. The average molecular weight is 288 g/mol. The summed E-state index contributed by atoms with van der Waals surface area (Å²) in [5.74, 6) is 0. The molecule has 0 aliphatic heterocycles. The van der Waals surface area contributed by atoms with E-state index < -0.39 is 11.7 Å². The van der Waals surface area contributed by atoms with Gasteiger partial charge in [0.2, 0.25) is 0 Å². The summed E-state index contributed by atoms with van der Waals surface area (Å²) in [7, 11) is 5.75. The zero-order valence-electron chi connectivity index (χ0n) is 12.9. The van der Waals surface area contributed by atoms with E-state index in [-0.39, 0.29) is 11.6 Å². The van der Waals surface area contributed by atoms with Gasteiger partial charge >= 0.3 is 6.18 Å². The molecule has 1 N–H and O–H groups in total. The van der Waals surface area contributed by atoms with E-state index in [0.29, 0.717) is 5.56 Å². The summed E-state index contributed by atoms with van der Waals surface area (Å²) in [6.45, 7) is 5.84. The number of alkyl halides is 3. The minimum atomic E-state index is -4.30. The summed E-state index contributed by atoms with van der Waals surface area (Å²) in [6.07, 6.45) is -4.30. The first-order valence-electron chi connectivity index (χ1n) is 6.54. The van der Waals surface area contributed by atoms with E-state index in [0.717, 1.165) is 11.6 Å². The molecule has 20 heavy (non-hydrogen) atoms. The van der Waals surface area contributed by atoms with Crippen molar-refractivity contribution < 1.29 is 13.2 Å². The molecular formula is C15H23F3N2. The summed E-state index contributed by atoms with van der Waals surface area (Å²) < 4.78 is 38.2. The van der Waals surface area contributed by atoms with Crippen LogP contribution in [-0.4, -0.2) is 31.6 Å². The van der Waals surface area contributed by atoms with Gasteiger partial charge in [-0.3, -0.25) is 0 Å². The molecule has 0 radical (unpaired) electrons. The molecule has 0 heterocycles. The molecule has 0 spiro atoms. The van der Waals surface area contributed by atoms with Gasteiger partial charge in [-0.05, 0) is 65.2 Å². The fourth-order valence-electron chi connectivity index (χ4n) is 2.32. The van der Waals surface area contributed by atoms with Crippen molar-refractivity contribution in [1.29, 1.82) is 0 Å². The molecule has 1 aromatic carbocycles. The van der Waals surface area contributed by atoms with E-state index in [1.54, 1.807) is 13.0 Å². The number of rotatable bonds is 4. The largest absolute Gasteiger partial charge is 0.416 e. The topological polar surface area (TPSA) is 15.3 Å². The predicted molar refractivity (Wildman–Crippen MR) is 75.7 cm³/mol. The van der Waals surface area contributed by atoms with Gasteiger partial charge in [-0.2, -0.15) is 13.2 Å². The van der Waals surface area contributed by atoms with Gasteiger partial charge in [-0.15, -0.1) is 0 Å². The van der Waals surface area contributed by atoms with Crippen LogP contribution >= 0.6 is 0 Å². The summed E-state index contributed by atoms with van der Waals surface area (Å²) >= 11 is 0. The first-order valence-corrected chi connectivity index (χ1v) is 6.54. The maximum absolute atomic E-state index is 12.7. The summed E-state index contributed by atoms with van der Waals surface area (Å²) in [5.41, 5.74) is 0.712. The van der Waals surface area contributed by atoms with Gasteiger partial charge in [0.05, 0.1) is 11.6 Å². The predicted octanol–water partition coefficient (Wildman–Crippen LogP) is 3.61. The lowest BCUT2D eigenvalue weighted by atomic mass is 9.85. The summed E-state index contributed by atoms with van der Waals surface area (Å²) in [5, 5.41) is 3.22. The Morgan fingerprint density at radius 2 is 1.70 bits per heavy atom. The van der Waals surface area contributed by atoms with Crippen molar-refractivity contribution in [3.05, 3.63) is 34.9 Å². The van der Waals surface area contributed by atoms with Crippen molar-refractivity contribution in [3.63, 3.8) is 0 Å². The van der Waals surface area contributed by atoms with Crippen LogP contribution in [0.5, 0.6) is 0 Å². The van der Waals surface area contributed by atoms with Gasteiger partial charge in [0, 0.05) is 5.54 Å². The van der Waals surface area contributed by atoms with Crippen molar-refractivity contribution in [3.8, 4) is 0 Å². The van der Waals surface area contributed by atoms with Crippen molar-refractivity contribution in [2.24, 2.45) is 0 Å². The lowest BCUT2D eigenvalue weighted by Crippen LogP contribution is -2.48. The van der Waals surface area contributed by atoms with Crippen LogP contribution in [0.25, 0.3) is 0 Å². The molecule has 1 unspecified atom stereocenters. The highest BCUT2D eigenvalue weighted by atomic mass is 19.4. The minimum absolute atomic E-state index is 0.0558. The normalized spacial score (nSPS) is 14.7. The number of likely N-dealkylation sites (N-methyl/N-ethyl adjacent to an activating group) is 2. The van der Waals surface area contributed by atoms with Crippen LogP contribution in [0.15, 0.2) is 18.2 Å². The Balaban J connectivity index is 3.25. The Hall–Kier alpha value is -1.07. The zero-order chi connectivity index (χ0) is 15.7. The highest BCUT2D eigenvalue weighted by Gasteiger charge is 2.35. The van der Waals surface area contributed by atoms with Gasteiger partial charge in [0.25, 0.3) is 0 Å². The second kappa shape index (κ2) is 5.74. The molecule has 0 saturated carbocycles. The number of benzene rings is 1. The van der Waals surface area contributed by atoms with Crippen LogP contribution in [0, 0.1) is 6.92 Å². The van der Waals surface area contributed by atoms with Gasteiger partial charge in [0.1, 0.15) is 0 Å². The van der Waals surface area contributed by atoms with Crippen molar-refractivity contribution in [1.82, 2.24) is 10.2 Å². The van der Waals surface area contributed by atoms with Crippen molar-refractivity contribution in [2.75, 3.05) is 21.1 Å². The van der Waals surface area contributed by atoms with Crippen LogP contribution in [-0.2, 0) is 6.18 Å².